The standard InChI is InChI=1S/C25H26ClNO2S/c1-18-13-22(26)7-8-23(18)29-16-21-15-24(30-17-21)25(28)27-11-9-20(10-12-27)14-19-5-3-2-4-6-19/h2-8,13,15,17,20H,9-12,14,16H2,1H3. The van der Waals surface area contributed by atoms with E-state index in [4.69, 9.17) is 16.3 Å². The average Bonchev–Trinajstić information content (AvgIpc) is 3.23. The number of hydrogen-bond acceptors (Lipinski definition) is 3. The van der Waals surface area contributed by atoms with E-state index in [0.29, 0.717) is 17.5 Å². The van der Waals surface area contributed by atoms with E-state index in [1.54, 1.807) is 0 Å². The van der Waals surface area contributed by atoms with Crippen LogP contribution in [-0.4, -0.2) is 23.9 Å². The van der Waals surface area contributed by atoms with E-state index in [1.165, 1.54) is 16.9 Å². The number of hydrogen-bond donors (Lipinski definition) is 0. The van der Waals surface area contributed by atoms with Gasteiger partial charge in [0.1, 0.15) is 12.4 Å². The Labute approximate surface area is 187 Å². The van der Waals surface area contributed by atoms with Crippen LogP contribution in [0.1, 0.15) is 39.2 Å². The highest BCUT2D eigenvalue weighted by Crippen LogP contribution is 2.26. The van der Waals surface area contributed by atoms with Gasteiger partial charge >= 0.3 is 0 Å². The van der Waals surface area contributed by atoms with Crippen molar-refractivity contribution in [3.8, 4) is 5.75 Å². The number of rotatable bonds is 6. The third kappa shape index (κ3) is 5.24. The molecule has 3 nitrogen and oxygen atoms in total. The Morgan fingerprint density at radius 3 is 2.60 bits per heavy atom. The molecule has 1 fully saturated rings. The molecule has 0 saturated carbocycles. The highest BCUT2D eigenvalue weighted by atomic mass is 35.5. The zero-order chi connectivity index (χ0) is 20.9. The van der Waals surface area contributed by atoms with Crippen LogP contribution < -0.4 is 4.74 Å². The topological polar surface area (TPSA) is 29.5 Å². The summed E-state index contributed by atoms with van der Waals surface area (Å²) in [6.07, 6.45) is 3.24. The second kappa shape index (κ2) is 9.67. The van der Waals surface area contributed by atoms with Crippen LogP contribution in [0.5, 0.6) is 5.75 Å². The number of amides is 1. The van der Waals surface area contributed by atoms with Gasteiger partial charge in [0, 0.05) is 23.7 Å². The maximum Gasteiger partial charge on any atom is 0.263 e. The van der Waals surface area contributed by atoms with Crippen LogP contribution in [0.15, 0.2) is 60.0 Å². The van der Waals surface area contributed by atoms with Gasteiger partial charge in [0.05, 0.1) is 4.88 Å². The maximum atomic E-state index is 12.9. The van der Waals surface area contributed by atoms with Crippen molar-refractivity contribution in [2.75, 3.05) is 13.1 Å². The molecule has 0 N–H and O–H groups in total. The van der Waals surface area contributed by atoms with E-state index in [0.717, 1.165) is 54.1 Å². The molecule has 4 rings (SSSR count). The van der Waals surface area contributed by atoms with Crippen molar-refractivity contribution in [1.82, 2.24) is 4.90 Å². The van der Waals surface area contributed by atoms with Gasteiger partial charge in [-0.1, -0.05) is 41.9 Å². The molecule has 30 heavy (non-hydrogen) atoms. The number of carbonyl (C=O) groups is 1. The molecule has 0 aliphatic carbocycles. The fraction of sp³-hybridized carbons (Fsp3) is 0.320. The molecule has 1 aromatic heterocycles. The molecule has 1 aliphatic rings. The molecule has 2 aromatic carbocycles. The lowest BCUT2D eigenvalue weighted by atomic mass is 9.90. The van der Waals surface area contributed by atoms with E-state index in [-0.39, 0.29) is 5.91 Å². The predicted octanol–water partition coefficient (Wildman–Crippen LogP) is 6.38. The third-order valence-corrected chi connectivity index (χ3v) is 6.87. The number of thiophene rings is 1. The number of likely N-dealkylation sites (tertiary alicyclic amines) is 1. The monoisotopic (exact) mass is 439 g/mol. The Morgan fingerprint density at radius 2 is 1.87 bits per heavy atom. The first kappa shape index (κ1) is 21.0. The number of benzene rings is 2. The minimum Gasteiger partial charge on any atom is -0.489 e. The third-order valence-electron chi connectivity index (χ3n) is 5.66. The van der Waals surface area contributed by atoms with Gasteiger partial charge in [-0.2, -0.15) is 0 Å². The second-order valence-corrected chi connectivity index (χ2v) is 9.29. The van der Waals surface area contributed by atoms with Crippen LogP contribution in [0.3, 0.4) is 0 Å². The van der Waals surface area contributed by atoms with Gasteiger partial charge in [0.25, 0.3) is 5.91 Å². The van der Waals surface area contributed by atoms with Crippen molar-refractivity contribution in [2.24, 2.45) is 5.92 Å². The van der Waals surface area contributed by atoms with Crippen LogP contribution >= 0.6 is 22.9 Å². The summed E-state index contributed by atoms with van der Waals surface area (Å²) < 4.78 is 5.91. The Balaban J connectivity index is 1.29. The summed E-state index contributed by atoms with van der Waals surface area (Å²) in [4.78, 5) is 15.7. The molecule has 5 heteroatoms. The lowest BCUT2D eigenvalue weighted by Crippen LogP contribution is -2.38. The van der Waals surface area contributed by atoms with Crippen LogP contribution in [-0.2, 0) is 13.0 Å². The highest BCUT2D eigenvalue weighted by Gasteiger charge is 2.24. The van der Waals surface area contributed by atoms with Crippen molar-refractivity contribution >= 4 is 28.8 Å². The Morgan fingerprint density at radius 1 is 1.10 bits per heavy atom. The fourth-order valence-corrected chi connectivity index (χ4v) is 5.03. The number of aryl methyl sites for hydroxylation is 1. The van der Waals surface area contributed by atoms with Gasteiger partial charge in [-0.3, -0.25) is 4.79 Å². The summed E-state index contributed by atoms with van der Waals surface area (Å²) in [5.41, 5.74) is 3.42. The van der Waals surface area contributed by atoms with Gasteiger partial charge in [-0.05, 0) is 72.9 Å². The first-order valence-electron chi connectivity index (χ1n) is 10.4. The van der Waals surface area contributed by atoms with Crippen LogP contribution in [0.25, 0.3) is 0 Å². The lowest BCUT2D eigenvalue weighted by molar-refractivity contribution is 0.0695. The van der Waals surface area contributed by atoms with Crippen LogP contribution in [0.4, 0.5) is 0 Å². The van der Waals surface area contributed by atoms with E-state index < -0.39 is 0 Å². The molecule has 0 unspecified atom stereocenters. The quantitative estimate of drug-likeness (QED) is 0.445. The molecule has 1 aliphatic heterocycles. The number of carbonyl (C=O) groups excluding carboxylic acids is 1. The van der Waals surface area contributed by atoms with Crippen molar-refractivity contribution in [1.29, 1.82) is 0 Å². The number of piperidine rings is 1. The molecule has 0 atom stereocenters. The predicted molar refractivity (Wildman–Crippen MR) is 124 cm³/mol. The number of halogens is 1. The molecular formula is C25H26ClNO2S. The Bertz CT molecular complexity index is 993. The lowest BCUT2D eigenvalue weighted by Gasteiger charge is -2.31. The molecule has 0 spiro atoms. The molecule has 0 bridgehead atoms. The van der Waals surface area contributed by atoms with Gasteiger partial charge < -0.3 is 9.64 Å². The van der Waals surface area contributed by atoms with E-state index in [9.17, 15) is 4.79 Å². The average molecular weight is 440 g/mol. The maximum absolute atomic E-state index is 12.9. The zero-order valence-corrected chi connectivity index (χ0v) is 18.7. The van der Waals surface area contributed by atoms with Crippen molar-refractivity contribution in [2.45, 2.75) is 32.8 Å². The zero-order valence-electron chi connectivity index (χ0n) is 17.1. The Hall–Kier alpha value is -2.30. The normalized spacial score (nSPS) is 14.7. The molecule has 1 saturated heterocycles. The SMILES string of the molecule is Cc1cc(Cl)ccc1OCc1csc(C(=O)N2CCC(Cc3ccccc3)CC2)c1. The minimum absolute atomic E-state index is 0.145. The van der Waals surface area contributed by atoms with Gasteiger partial charge in [-0.25, -0.2) is 0 Å². The van der Waals surface area contributed by atoms with E-state index >= 15 is 0 Å². The summed E-state index contributed by atoms with van der Waals surface area (Å²) in [7, 11) is 0. The first-order chi connectivity index (χ1) is 14.6. The smallest absolute Gasteiger partial charge is 0.263 e. The Kier molecular flexibility index (Phi) is 6.76. The van der Waals surface area contributed by atoms with Gasteiger partial charge in [-0.15, -0.1) is 11.3 Å². The molecule has 1 amide bonds. The second-order valence-electron chi connectivity index (χ2n) is 7.94. The van der Waals surface area contributed by atoms with E-state index in [2.05, 4.69) is 30.3 Å². The first-order valence-corrected chi connectivity index (χ1v) is 11.6. The summed E-state index contributed by atoms with van der Waals surface area (Å²) in [5, 5.41) is 2.72. The molecule has 2 heterocycles. The summed E-state index contributed by atoms with van der Waals surface area (Å²) in [6.45, 7) is 4.10. The summed E-state index contributed by atoms with van der Waals surface area (Å²) in [6, 6.07) is 18.2. The van der Waals surface area contributed by atoms with Gasteiger partial charge in [0.15, 0.2) is 0 Å². The number of ether oxygens (including phenoxy) is 1. The fourth-order valence-electron chi connectivity index (χ4n) is 3.94. The van der Waals surface area contributed by atoms with Crippen molar-refractivity contribution in [3.05, 3.63) is 86.6 Å². The number of nitrogens with zero attached hydrogens (tertiary/aromatic N) is 1. The van der Waals surface area contributed by atoms with Crippen molar-refractivity contribution in [3.63, 3.8) is 0 Å². The summed E-state index contributed by atoms with van der Waals surface area (Å²) >= 11 is 7.50. The molecule has 0 radical (unpaired) electrons. The molecular weight excluding hydrogens is 414 g/mol. The van der Waals surface area contributed by atoms with Crippen molar-refractivity contribution < 1.29 is 9.53 Å². The highest BCUT2D eigenvalue weighted by molar-refractivity contribution is 7.12. The largest absolute Gasteiger partial charge is 0.489 e. The van der Waals surface area contributed by atoms with Crippen LogP contribution in [0.2, 0.25) is 5.02 Å². The summed E-state index contributed by atoms with van der Waals surface area (Å²) in [5.74, 6) is 1.62. The van der Waals surface area contributed by atoms with E-state index in [1.807, 2.05) is 41.5 Å². The van der Waals surface area contributed by atoms with Crippen LogP contribution in [0, 0.1) is 12.8 Å². The van der Waals surface area contributed by atoms with Gasteiger partial charge in [0.2, 0.25) is 0 Å². The molecule has 3 aromatic rings. The molecule has 156 valence electrons. The minimum atomic E-state index is 0.145.